The SMILES string of the molecule is CCNC(=O)CN(CC)C(=O)/C=C/c1ccc(C)cc1. The lowest BCUT2D eigenvalue weighted by atomic mass is 10.1. The van der Waals surface area contributed by atoms with E-state index < -0.39 is 0 Å². The van der Waals surface area contributed by atoms with E-state index in [4.69, 9.17) is 0 Å². The zero-order valence-corrected chi connectivity index (χ0v) is 12.3. The summed E-state index contributed by atoms with van der Waals surface area (Å²) in [5.41, 5.74) is 2.15. The Bertz CT molecular complexity index is 478. The molecular formula is C16H22N2O2. The van der Waals surface area contributed by atoms with Crippen LogP contribution < -0.4 is 5.32 Å². The van der Waals surface area contributed by atoms with Crippen LogP contribution in [0.5, 0.6) is 0 Å². The van der Waals surface area contributed by atoms with Crippen molar-refractivity contribution in [1.82, 2.24) is 10.2 Å². The monoisotopic (exact) mass is 274 g/mol. The molecule has 1 N–H and O–H groups in total. The van der Waals surface area contributed by atoms with Gasteiger partial charge in [-0.3, -0.25) is 9.59 Å². The van der Waals surface area contributed by atoms with E-state index in [2.05, 4.69) is 5.32 Å². The van der Waals surface area contributed by atoms with Crippen molar-refractivity contribution in [1.29, 1.82) is 0 Å². The molecule has 0 radical (unpaired) electrons. The standard InChI is InChI=1S/C16H22N2O2/c1-4-17-15(19)12-18(5-2)16(20)11-10-14-8-6-13(3)7-9-14/h6-11H,4-5,12H2,1-3H3,(H,17,19)/b11-10+. The molecule has 0 aromatic heterocycles. The number of nitrogens with zero attached hydrogens (tertiary/aromatic N) is 1. The van der Waals surface area contributed by atoms with Gasteiger partial charge in [0, 0.05) is 19.2 Å². The fourth-order valence-electron chi connectivity index (χ4n) is 1.72. The average molecular weight is 274 g/mol. The largest absolute Gasteiger partial charge is 0.355 e. The highest BCUT2D eigenvalue weighted by atomic mass is 16.2. The number of hydrogen-bond donors (Lipinski definition) is 1. The molecule has 0 spiro atoms. The third-order valence-electron chi connectivity index (χ3n) is 2.90. The van der Waals surface area contributed by atoms with Crippen LogP contribution in [-0.4, -0.2) is 36.3 Å². The Kier molecular flexibility index (Phi) is 6.50. The van der Waals surface area contributed by atoms with Crippen LogP contribution >= 0.6 is 0 Å². The first kappa shape index (κ1) is 16.0. The predicted octanol–water partition coefficient (Wildman–Crippen LogP) is 1.99. The van der Waals surface area contributed by atoms with Gasteiger partial charge in [-0.15, -0.1) is 0 Å². The molecule has 0 aliphatic rings. The molecule has 0 saturated carbocycles. The molecular weight excluding hydrogens is 252 g/mol. The lowest BCUT2D eigenvalue weighted by Crippen LogP contribution is -2.39. The number of aryl methyl sites for hydroxylation is 1. The highest BCUT2D eigenvalue weighted by Crippen LogP contribution is 2.05. The quantitative estimate of drug-likeness (QED) is 0.807. The molecule has 0 aliphatic carbocycles. The molecule has 20 heavy (non-hydrogen) atoms. The fourth-order valence-corrected chi connectivity index (χ4v) is 1.72. The molecule has 108 valence electrons. The van der Waals surface area contributed by atoms with Crippen molar-refractivity contribution in [3.05, 3.63) is 41.5 Å². The van der Waals surface area contributed by atoms with Crippen molar-refractivity contribution in [2.45, 2.75) is 20.8 Å². The van der Waals surface area contributed by atoms with Crippen molar-refractivity contribution in [3.8, 4) is 0 Å². The highest BCUT2D eigenvalue weighted by molar-refractivity contribution is 5.94. The van der Waals surface area contributed by atoms with Gasteiger partial charge in [0.2, 0.25) is 11.8 Å². The molecule has 1 aromatic rings. The summed E-state index contributed by atoms with van der Waals surface area (Å²) >= 11 is 0. The van der Waals surface area contributed by atoms with E-state index in [1.54, 1.807) is 6.08 Å². The zero-order chi connectivity index (χ0) is 15.0. The van der Waals surface area contributed by atoms with Gasteiger partial charge in [0.25, 0.3) is 0 Å². The summed E-state index contributed by atoms with van der Waals surface area (Å²) in [6.07, 6.45) is 3.27. The van der Waals surface area contributed by atoms with Crippen LogP contribution in [0.15, 0.2) is 30.3 Å². The van der Waals surface area contributed by atoms with E-state index in [1.807, 2.05) is 45.0 Å². The van der Waals surface area contributed by atoms with Gasteiger partial charge < -0.3 is 10.2 Å². The molecule has 0 heterocycles. The first-order valence-corrected chi connectivity index (χ1v) is 6.87. The number of carbonyl (C=O) groups excluding carboxylic acids is 2. The summed E-state index contributed by atoms with van der Waals surface area (Å²) in [4.78, 5) is 25.0. The molecule has 1 rings (SSSR count). The number of likely N-dealkylation sites (N-methyl/N-ethyl adjacent to an activating group) is 2. The number of amides is 2. The third kappa shape index (κ3) is 5.26. The molecule has 0 fully saturated rings. The molecule has 0 aliphatic heterocycles. The number of benzene rings is 1. The van der Waals surface area contributed by atoms with Crippen LogP contribution in [-0.2, 0) is 9.59 Å². The van der Waals surface area contributed by atoms with E-state index in [9.17, 15) is 9.59 Å². The Balaban J connectivity index is 2.62. The molecule has 2 amide bonds. The summed E-state index contributed by atoms with van der Waals surface area (Å²) in [5.74, 6) is -0.286. The Hall–Kier alpha value is -2.10. The second-order valence-corrected chi connectivity index (χ2v) is 4.55. The van der Waals surface area contributed by atoms with Gasteiger partial charge in [0.15, 0.2) is 0 Å². The number of hydrogen-bond acceptors (Lipinski definition) is 2. The van der Waals surface area contributed by atoms with E-state index >= 15 is 0 Å². The van der Waals surface area contributed by atoms with Gasteiger partial charge in [-0.1, -0.05) is 29.8 Å². The van der Waals surface area contributed by atoms with Crippen LogP contribution in [0.2, 0.25) is 0 Å². The van der Waals surface area contributed by atoms with E-state index in [1.165, 1.54) is 16.5 Å². The molecule has 4 heteroatoms. The topological polar surface area (TPSA) is 49.4 Å². The lowest BCUT2D eigenvalue weighted by molar-refractivity contribution is -0.132. The van der Waals surface area contributed by atoms with Crippen LogP contribution in [0.1, 0.15) is 25.0 Å². The second kappa shape index (κ2) is 8.15. The van der Waals surface area contributed by atoms with E-state index in [0.29, 0.717) is 13.1 Å². The first-order chi connectivity index (χ1) is 9.56. The van der Waals surface area contributed by atoms with E-state index in [-0.39, 0.29) is 18.4 Å². The minimum Gasteiger partial charge on any atom is -0.355 e. The van der Waals surface area contributed by atoms with Crippen LogP contribution in [0.25, 0.3) is 6.08 Å². The average Bonchev–Trinajstić information content (AvgIpc) is 2.44. The maximum absolute atomic E-state index is 12.0. The lowest BCUT2D eigenvalue weighted by Gasteiger charge is -2.18. The Morgan fingerprint density at radius 1 is 1.20 bits per heavy atom. The smallest absolute Gasteiger partial charge is 0.247 e. The first-order valence-electron chi connectivity index (χ1n) is 6.87. The maximum atomic E-state index is 12.0. The number of nitrogens with one attached hydrogen (secondary N) is 1. The van der Waals surface area contributed by atoms with Gasteiger partial charge in [0.1, 0.15) is 0 Å². The number of carbonyl (C=O) groups is 2. The van der Waals surface area contributed by atoms with Crippen molar-refractivity contribution in [2.24, 2.45) is 0 Å². The summed E-state index contributed by atoms with van der Waals surface area (Å²) < 4.78 is 0. The Labute approximate surface area is 120 Å². The maximum Gasteiger partial charge on any atom is 0.247 e. The summed E-state index contributed by atoms with van der Waals surface area (Å²) in [6.45, 7) is 6.91. The predicted molar refractivity (Wildman–Crippen MR) is 81.2 cm³/mol. The zero-order valence-electron chi connectivity index (χ0n) is 12.3. The van der Waals surface area contributed by atoms with Crippen LogP contribution in [0.3, 0.4) is 0 Å². The molecule has 1 aromatic carbocycles. The van der Waals surface area contributed by atoms with E-state index in [0.717, 1.165) is 5.56 Å². The van der Waals surface area contributed by atoms with Gasteiger partial charge in [-0.05, 0) is 32.4 Å². The fraction of sp³-hybridized carbons (Fsp3) is 0.375. The minimum absolute atomic E-state index is 0.0986. The Morgan fingerprint density at radius 3 is 2.40 bits per heavy atom. The Morgan fingerprint density at radius 2 is 1.85 bits per heavy atom. The number of rotatable bonds is 6. The minimum atomic E-state index is -0.153. The summed E-state index contributed by atoms with van der Waals surface area (Å²) in [7, 11) is 0. The van der Waals surface area contributed by atoms with Crippen molar-refractivity contribution >= 4 is 17.9 Å². The molecule has 0 saturated heterocycles. The summed E-state index contributed by atoms with van der Waals surface area (Å²) in [5, 5.41) is 2.69. The van der Waals surface area contributed by atoms with Gasteiger partial charge in [0.05, 0.1) is 6.54 Å². The second-order valence-electron chi connectivity index (χ2n) is 4.55. The van der Waals surface area contributed by atoms with Crippen LogP contribution in [0, 0.1) is 6.92 Å². The third-order valence-corrected chi connectivity index (χ3v) is 2.90. The molecule has 4 nitrogen and oxygen atoms in total. The highest BCUT2D eigenvalue weighted by Gasteiger charge is 2.12. The van der Waals surface area contributed by atoms with Gasteiger partial charge >= 0.3 is 0 Å². The van der Waals surface area contributed by atoms with Crippen molar-refractivity contribution in [3.63, 3.8) is 0 Å². The van der Waals surface area contributed by atoms with Crippen LogP contribution in [0.4, 0.5) is 0 Å². The van der Waals surface area contributed by atoms with Crippen molar-refractivity contribution < 1.29 is 9.59 Å². The van der Waals surface area contributed by atoms with Gasteiger partial charge in [-0.2, -0.15) is 0 Å². The van der Waals surface area contributed by atoms with Gasteiger partial charge in [-0.25, -0.2) is 0 Å². The summed E-state index contributed by atoms with van der Waals surface area (Å²) in [6, 6.07) is 7.91. The van der Waals surface area contributed by atoms with Crippen molar-refractivity contribution in [2.75, 3.05) is 19.6 Å². The molecule has 0 atom stereocenters. The molecule has 0 unspecified atom stereocenters. The molecule has 0 bridgehead atoms. The normalized spacial score (nSPS) is 10.6.